The molecule has 33 heavy (non-hydrogen) atoms. The number of carbonyl (C=O) groups is 2. The van der Waals surface area contributed by atoms with Crippen molar-refractivity contribution in [2.45, 2.75) is 19.0 Å². The number of alkyl halides is 3. The number of carbonyl (C=O) groups excluding carboxylic acids is 2. The minimum atomic E-state index is -4.63. The van der Waals surface area contributed by atoms with Crippen LogP contribution in [0.3, 0.4) is 0 Å². The van der Waals surface area contributed by atoms with Crippen molar-refractivity contribution in [1.82, 2.24) is 15.8 Å². The normalized spacial score (nSPS) is 12.5. The highest BCUT2D eigenvalue weighted by atomic mass is 35.5. The van der Waals surface area contributed by atoms with Gasteiger partial charge in [-0.05, 0) is 42.3 Å². The highest BCUT2D eigenvalue weighted by Crippen LogP contribution is 2.41. The van der Waals surface area contributed by atoms with Crippen LogP contribution in [0.1, 0.15) is 34.3 Å². The van der Waals surface area contributed by atoms with E-state index in [1.54, 1.807) is 6.92 Å². The Morgan fingerprint density at radius 1 is 1.06 bits per heavy atom. The summed E-state index contributed by atoms with van der Waals surface area (Å²) in [6.45, 7) is 2.09. The Hall–Kier alpha value is -2.13. The summed E-state index contributed by atoms with van der Waals surface area (Å²) in [6, 6.07) is 5.75. The third kappa shape index (κ3) is 7.17. The Balaban J connectivity index is 2.27. The minimum Gasteiger partial charge on any atom is -0.337 e. The van der Waals surface area contributed by atoms with E-state index >= 15 is 0 Å². The lowest BCUT2D eigenvalue weighted by molar-refractivity contribution is -0.139. The monoisotopic (exact) mass is 541 g/mol. The predicted molar refractivity (Wildman–Crippen MR) is 125 cm³/mol. The molecule has 0 spiro atoms. The lowest BCUT2D eigenvalue weighted by atomic mass is 9.97. The molecule has 5 nitrogen and oxygen atoms in total. The second-order valence-corrected chi connectivity index (χ2v) is 8.35. The number of amides is 3. The largest absolute Gasteiger partial charge is 0.399 e. The Morgan fingerprint density at radius 3 is 2.18 bits per heavy atom. The molecule has 0 aromatic heterocycles. The number of rotatable bonds is 5. The average Bonchev–Trinajstić information content (AvgIpc) is 2.71. The highest BCUT2D eigenvalue weighted by Gasteiger charge is 2.39. The molecule has 0 aliphatic carbocycles. The summed E-state index contributed by atoms with van der Waals surface area (Å²) in [5.41, 5.74) is 2.51. The van der Waals surface area contributed by atoms with Crippen molar-refractivity contribution >= 4 is 64.4 Å². The maximum Gasteiger partial charge on any atom is 0.399 e. The van der Waals surface area contributed by atoms with Crippen LogP contribution in [0, 0.1) is 0 Å². The van der Waals surface area contributed by atoms with E-state index in [0.717, 1.165) is 23.2 Å². The number of halogens is 7. The highest BCUT2D eigenvalue weighted by molar-refractivity contribution is 6.48. The van der Waals surface area contributed by atoms with Crippen molar-refractivity contribution in [3.05, 3.63) is 73.2 Å². The third-order valence-corrected chi connectivity index (χ3v) is 5.85. The van der Waals surface area contributed by atoms with Gasteiger partial charge in [0.25, 0.3) is 5.91 Å². The summed E-state index contributed by atoms with van der Waals surface area (Å²) < 4.78 is 41.0. The van der Waals surface area contributed by atoms with E-state index in [1.165, 1.54) is 31.3 Å². The number of hydrogen-bond acceptors (Lipinski definition) is 2. The molecule has 0 heterocycles. The Morgan fingerprint density at radius 2 is 1.67 bits per heavy atom. The zero-order valence-corrected chi connectivity index (χ0v) is 20.3. The van der Waals surface area contributed by atoms with E-state index in [2.05, 4.69) is 10.7 Å². The maximum atomic E-state index is 13.7. The molecule has 12 heteroatoms. The van der Waals surface area contributed by atoms with Gasteiger partial charge < -0.3 is 5.32 Å². The fourth-order valence-electron chi connectivity index (χ4n) is 2.72. The summed E-state index contributed by atoms with van der Waals surface area (Å²) in [5.74, 6) is -2.68. The quantitative estimate of drug-likeness (QED) is 0.316. The molecule has 1 unspecified atom stereocenters. The molecule has 0 fully saturated rings. The van der Waals surface area contributed by atoms with E-state index < -0.39 is 24.0 Å². The zero-order valence-electron chi connectivity index (χ0n) is 17.2. The van der Waals surface area contributed by atoms with Crippen LogP contribution in [-0.2, 0) is 0 Å². The first kappa shape index (κ1) is 27.1. The summed E-state index contributed by atoms with van der Waals surface area (Å²) in [4.78, 5) is 24.0. The van der Waals surface area contributed by atoms with Crippen molar-refractivity contribution in [3.8, 4) is 0 Å². The maximum absolute atomic E-state index is 13.7. The SMILES string of the molecule is CCNC(=O)N(C)NC(=O)c1ccc(/C=C/C(c2cc(Cl)c(Cl)c(Cl)c2)C(F)(F)F)cc1Cl. The lowest BCUT2D eigenvalue weighted by Crippen LogP contribution is -2.48. The molecule has 0 radical (unpaired) electrons. The van der Waals surface area contributed by atoms with E-state index in [0.29, 0.717) is 12.1 Å². The molecule has 2 rings (SSSR count). The molecule has 2 N–H and O–H groups in total. The van der Waals surface area contributed by atoms with E-state index in [-0.39, 0.29) is 31.2 Å². The summed E-state index contributed by atoms with van der Waals surface area (Å²) >= 11 is 23.7. The number of benzene rings is 2. The molecule has 2 aromatic carbocycles. The molecule has 0 aliphatic rings. The lowest BCUT2D eigenvalue weighted by Gasteiger charge is -2.19. The van der Waals surface area contributed by atoms with Gasteiger partial charge in [0.05, 0.1) is 31.6 Å². The predicted octanol–water partition coefficient (Wildman–Crippen LogP) is 6.97. The number of nitrogens with one attached hydrogen (secondary N) is 2. The van der Waals surface area contributed by atoms with Gasteiger partial charge in [-0.25, -0.2) is 9.80 Å². The fraction of sp³-hybridized carbons (Fsp3) is 0.238. The van der Waals surface area contributed by atoms with Gasteiger partial charge in [-0.3, -0.25) is 10.2 Å². The van der Waals surface area contributed by atoms with Crippen molar-refractivity contribution in [1.29, 1.82) is 0 Å². The summed E-state index contributed by atoms with van der Waals surface area (Å²) in [6.07, 6.45) is -2.50. The van der Waals surface area contributed by atoms with E-state index in [9.17, 15) is 22.8 Å². The molecule has 178 valence electrons. The van der Waals surface area contributed by atoms with Crippen molar-refractivity contribution in [3.63, 3.8) is 0 Å². The molecule has 1 atom stereocenters. The van der Waals surface area contributed by atoms with Crippen molar-refractivity contribution < 1.29 is 22.8 Å². The van der Waals surface area contributed by atoms with Gasteiger partial charge in [-0.1, -0.05) is 64.6 Å². The summed E-state index contributed by atoms with van der Waals surface area (Å²) in [7, 11) is 1.35. The number of allylic oxidation sites excluding steroid dienone is 1. The molecule has 0 saturated carbocycles. The van der Waals surface area contributed by atoms with Crippen LogP contribution < -0.4 is 10.7 Å². The van der Waals surface area contributed by atoms with Crippen molar-refractivity contribution in [2.75, 3.05) is 13.6 Å². The number of hydrazine groups is 1. The molecule has 0 saturated heterocycles. The minimum absolute atomic E-state index is 0.0138. The number of hydrogen-bond donors (Lipinski definition) is 2. The second-order valence-electron chi connectivity index (χ2n) is 6.75. The van der Waals surface area contributed by atoms with Gasteiger partial charge in [0.1, 0.15) is 0 Å². The van der Waals surface area contributed by atoms with Crippen LogP contribution in [0.4, 0.5) is 18.0 Å². The van der Waals surface area contributed by atoms with E-state index in [1.807, 2.05) is 0 Å². The second kappa shape index (κ2) is 11.3. The molecule has 2 aromatic rings. The first-order chi connectivity index (χ1) is 15.3. The first-order valence-corrected chi connectivity index (χ1v) is 10.9. The van der Waals surface area contributed by atoms with Gasteiger partial charge in [-0.15, -0.1) is 0 Å². The topological polar surface area (TPSA) is 61.4 Å². The molecule has 3 amide bonds. The van der Waals surface area contributed by atoms with Crippen LogP contribution in [0.5, 0.6) is 0 Å². The van der Waals surface area contributed by atoms with Crippen LogP contribution in [-0.4, -0.2) is 36.7 Å². The first-order valence-electron chi connectivity index (χ1n) is 9.36. The standard InChI is InChI=1S/C21H18Cl4F3N3O2/c1-3-29-20(33)31(2)30-19(32)13-6-4-11(8-15(13)22)5-7-14(21(26,27)28)12-9-16(23)18(25)17(24)10-12/h4-10,14H,3H2,1-2H3,(H,29,33)(H,30,32)/b7-5+. The molecular formula is C21H18Cl4F3N3O2. The number of nitrogens with zero attached hydrogens (tertiary/aromatic N) is 1. The van der Waals surface area contributed by atoms with Gasteiger partial charge in [0, 0.05) is 13.6 Å². The van der Waals surface area contributed by atoms with Gasteiger partial charge in [-0.2, -0.15) is 13.2 Å². The van der Waals surface area contributed by atoms with Gasteiger partial charge in [0.15, 0.2) is 0 Å². The smallest absolute Gasteiger partial charge is 0.337 e. The molecule has 0 aliphatic heterocycles. The average molecular weight is 543 g/mol. The van der Waals surface area contributed by atoms with Gasteiger partial charge >= 0.3 is 12.2 Å². The van der Waals surface area contributed by atoms with E-state index in [4.69, 9.17) is 46.4 Å². The van der Waals surface area contributed by atoms with Gasteiger partial charge in [0.2, 0.25) is 0 Å². The fourth-order valence-corrected chi connectivity index (χ4v) is 3.61. The van der Waals surface area contributed by atoms with Crippen LogP contribution >= 0.6 is 46.4 Å². The van der Waals surface area contributed by atoms with Crippen LogP contribution in [0.25, 0.3) is 6.08 Å². The van der Waals surface area contributed by atoms with Crippen LogP contribution in [0.15, 0.2) is 36.4 Å². The Labute approximate surface area is 208 Å². The molecule has 0 bridgehead atoms. The summed E-state index contributed by atoms with van der Waals surface area (Å²) in [5, 5.41) is 3.20. The number of urea groups is 1. The Bertz CT molecular complexity index is 1050. The zero-order chi connectivity index (χ0) is 24.9. The van der Waals surface area contributed by atoms with Crippen LogP contribution in [0.2, 0.25) is 20.1 Å². The third-order valence-electron chi connectivity index (χ3n) is 4.34. The Kier molecular flexibility index (Phi) is 9.31. The van der Waals surface area contributed by atoms with Crippen molar-refractivity contribution in [2.24, 2.45) is 0 Å². The molecular weight excluding hydrogens is 525 g/mol.